The van der Waals surface area contributed by atoms with Gasteiger partial charge in [-0.2, -0.15) is 0 Å². The molecule has 0 aromatic heterocycles. The van der Waals surface area contributed by atoms with E-state index in [0.29, 0.717) is 32.1 Å². The molecule has 7 atom stereocenters. The van der Waals surface area contributed by atoms with Crippen LogP contribution in [0.25, 0.3) is 0 Å². The number of Topliss-reactive ketones (excluding diaryl/α,β-unsaturated/α-hetero) is 1. The molecule has 0 heterocycles. The predicted molar refractivity (Wildman–Crippen MR) is 98.6 cm³/mol. The third-order valence-electron chi connectivity index (χ3n) is 8.66. The zero-order chi connectivity index (χ0) is 19.8. The molecule has 4 aliphatic rings. The number of halogens is 1. The summed E-state index contributed by atoms with van der Waals surface area (Å²) in [6.45, 7) is 4.87. The zero-order valence-corrected chi connectivity index (χ0v) is 16.3. The van der Waals surface area contributed by atoms with Gasteiger partial charge >= 0.3 is 0 Å². The maximum absolute atomic E-state index is 16.7. The van der Waals surface area contributed by atoms with Crippen LogP contribution in [-0.4, -0.2) is 39.7 Å². The molecule has 4 nitrogen and oxygen atoms in total. The Kier molecular flexibility index (Phi) is 3.94. The summed E-state index contributed by atoms with van der Waals surface area (Å²) in [5, 5.41) is 20.8. The van der Waals surface area contributed by atoms with Gasteiger partial charge in [0.05, 0.1) is 0 Å². The van der Waals surface area contributed by atoms with Gasteiger partial charge in [-0.1, -0.05) is 32.4 Å². The minimum Gasteiger partial charge on any atom is -0.388 e. The van der Waals surface area contributed by atoms with Gasteiger partial charge in [-0.25, -0.2) is 4.39 Å². The van der Waals surface area contributed by atoms with Crippen molar-refractivity contribution in [1.82, 2.24) is 0 Å². The first-order valence-corrected chi connectivity index (χ1v) is 10.0. The molecule has 2 fully saturated rings. The first kappa shape index (κ1) is 19.0. The van der Waals surface area contributed by atoms with Gasteiger partial charge in [0, 0.05) is 23.2 Å². The fourth-order valence-electron chi connectivity index (χ4n) is 6.91. The van der Waals surface area contributed by atoms with Crippen molar-refractivity contribution >= 4 is 11.6 Å². The molecule has 4 aliphatic carbocycles. The van der Waals surface area contributed by atoms with Crippen molar-refractivity contribution in [3.05, 3.63) is 23.8 Å². The Hall–Kier alpha value is -1.33. The van der Waals surface area contributed by atoms with Crippen molar-refractivity contribution in [3.63, 3.8) is 0 Å². The van der Waals surface area contributed by atoms with Gasteiger partial charge in [-0.3, -0.25) is 9.59 Å². The summed E-state index contributed by atoms with van der Waals surface area (Å²) in [6.07, 6.45) is 7.61. The van der Waals surface area contributed by atoms with Crippen LogP contribution in [0.5, 0.6) is 0 Å². The normalized spacial score (nSPS) is 51.3. The van der Waals surface area contributed by atoms with Crippen molar-refractivity contribution in [1.29, 1.82) is 0 Å². The Labute approximate surface area is 159 Å². The largest absolute Gasteiger partial charge is 0.388 e. The first-order chi connectivity index (χ1) is 12.5. The van der Waals surface area contributed by atoms with Crippen molar-refractivity contribution in [2.24, 2.45) is 28.6 Å². The van der Waals surface area contributed by atoms with E-state index in [1.807, 2.05) is 20.8 Å². The van der Waals surface area contributed by atoms with E-state index in [0.717, 1.165) is 5.57 Å². The third kappa shape index (κ3) is 2.05. The summed E-state index contributed by atoms with van der Waals surface area (Å²) in [7, 11) is 0. The van der Waals surface area contributed by atoms with Crippen LogP contribution in [0, 0.1) is 28.6 Å². The Balaban J connectivity index is 1.84. The van der Waals surface area contributed by atoms with Crippen molar-refractivity contribution in [3.8, 4) is 0 Å². The highest BCUT2D eigenvalue weighted by molar-refractivity contribution is 5.92. The summed E-state index contributed by atoms with van der Waals surface area (Å²) < 4.78 is 16.7. The molecule has 0 aromatic rings. The van der Waals surface area contributed by atoms with Crippen LogP contribution >= 0.6 is 0 Å². The Morgan fingerprint density at radius 2 is 1.96 bits per heavy atom. The van der Waals surface area contributed by atoms with Gasteiger partial charge in [0.2, 0.25) is 0 Å². The van der Waals surface area contributed by atoms with Gasteiger partial charge in [-0.15, -0.1) is 0 Å². The lowest BCUT2D eigenvalue weighted by molar-refractivity contribution is -0.160. The number of aliphatic hydroxyl groups is 2. The molecule has 5 heteroatoms. The second-order valence-corrected chi connectivity index (χ2v) is 9.59. The summed E-state index contributed by atoms with van der Waals surface area (Å²) in [5.74, 6) is -1.35. The molecule has 0 aliphatic heterocycles. The molecule has 4 rings (SSSR count). The molecular weight excluding hydrogens is 347 g/mol. The van der Waals surface area contributed by atoms with E-state index in [2.05, 4.69) is 0 Å². The van der Waals surface area contributed by atoms with E-state index in [9.17, 15) is 19.8 Å². The molecule has 27 heavy (non-hydrogen) atoms. The van der Waals surface area contributed by atoms with Crippen LogP contribution in [0.1, 0.15) is 52.9 Å². The highest BCUT2D eigenvalue weighted by atomic mass is 19.1. The highest BCUT2D eigenvalue weighted by Crippen LogP contribution is 2.68. The zero-order valence-electron chi connectivity index (χ0n) is 16.3. The minimum absolute atomic E-state index is 0.0755. The van der Waals surface area contributed by atoms with Crippen LogP contribution in [-0.2, 0) is 9.59 Å². The fraction of sp³-hybridized carbons (Fsp3) is 0.727. The molecule has 0 amide bonds. The summed E-state index contributed by atoms with van der Waals surface area (Å²) in [6, 6.07) is 0. The second-order valence-electron chi connectivity index (χ2n) is 9.59. The standard InChI is InChI=1S/C22H29FO4/c1-13-10-17-16-5-4-14-11-15(25)6-7-19(14,2)21(16,23)9-8-20(17,3)22(13,27)18(26)12-24/h8-9,11,13,16-17,24,27H,4-7,10,12H2,1-3H3/t13?,16-,17-,19-,20-,21+,22-/m0/s1. The lowest BCUT2D eigenvalue weighted by Crippen LogP contribution is -2.62. The summed E-state index contributed by atoms with van der Waals surface area (Å²) in [4.78, 5) is 24.4. The topological polar surface area (TPSA) is 74.6 Å². The molecule has 148 valence electrons. The number of fused-ring (bicyclic) bond motifs is 5. The molecule has 2 saturated carbocycles. The average molecular weight is 376 g/mol. The molecule has 2 N–H and O–H groups in total. The molecule has 0 spiro atoms. The minimum atomic E-state index is -1.68. The number of carbonyl (C=O) groups excluding carboxylic acids is 2. The maximum Gasteiger partial charge on any atom is 0.190 e. The lowest BCUT2D eigenvalue weighted by Gasteiger charge is -2.59. The first-order valence-electron chi connectivity index (χ1n) is 10.0. The number of hydrogen-bond acceptors (Lipinski definition) is 4. The van der Waals surface area contributed by atoms with Gasteiger partial charge in [0.25, 0.3) is 0 Å². The number of aliphatic hydroxyl groups excluding tert-OH is 1. The number of rotatable bonds is 2. The van der Waals surface area contributed by atoms with Crippen molar-refractivity contribution < 1.29 is 24.2 Å². The molecule has 0 radical (unpaired) electrons. The maximum atomic E-state index is 16.7. The highest BCUT2D eigenvalue weighted by Gasteiger charge is 2.71. The van der Waals surface area contributed by atoms with Crippen LogP contribution in [0.4, 0.5) is 4.39 Å². The second kappa shape index (κ2) is 5.60. The number of alkyl halides is 1. The van der Waals surface area contributed by atoms with E-state index in [-0.39, 0.29) is 23.5 Å². The summed E-state index contributed by atoms with van der Waals surface area (Å²) in [5.41, 5.74) is -3.97. The van der Waals surface area contributed by atoms with Crippen molar-refractivity contribution in [2.75, 3.05) is 6.61 Å². The van der Waals surface area contributed by atoms with Crippen LogP contribution in [0.3, 0.4) is 0 Å². The monoisotopic (exact) mass is 376 g/mol. The Morgan fingerprint density at radius 3 is 2.63 bits per heavy atom. The number of allylic oxidation sites excluding steroid dienone is 3. The van der Waals surface area contributed by atoms with E-state index in [4.69, 9.17) is 0 Å². The van der Waals surface area contributed by atoms with E-state index < -0.39 is 34.5 Å². The molecule has 0 saturated heterocycles. The molecule has 0 aromatic carbocycles. The predicted octanol–water partition coefficient (Wildman–Crippen LogP) is 2.92. The Bertz CT molecular complexity index is 772. The number of hydrogen-bond donors (Lipinski definition) is 2. The SMILES string of the molecule is CC1C[C@H]2[C@@H]3CCC4=CC(=O)CC[C@]4(C)[C@@]3(F)C=C[C@]2(C)[C@@]1(O)C(=O)CO. The van der Waals surface area contributed by atoms with Crippen LogP contribution < -0.4 is 0 Å². The summed E-state index contributed by atoms with van der Waals surface area (Å²) >= 11 is 0. The number of carbonyl (C=O) groups is 2. The fourth-order valence-corrected chi connectivity index (χ4v) is 6.91. The quantitative estimate of drug-likeness (QED) is 0.727. The van der Waals surface area contributed by atoms with Gasteiger partial charge < -0.3 is 10.2 Å². The average Bonchev–Trinajstić information content (AvgIpc) is 2.84. The van der Waals surface area contributed by atoms with E-state index in [1.54, 1.807) is 18.2 Å². The molecular formula is C22H29FO4. The Morgan fingerprint density at radius 1 is 1.26 bits per heavy atom. The lowest BCUT2D eigenvalue weighted by atomic mass is 9.47. The third-order valence-corrected chi connectivity index (χ3v) is 8.66. The van der Waals surface area contributed by atoms with Crippen molar-refractivity contribution in [2.45, 2.75) is 64.1 Å². The van der Waals surface area contributed by atoms with Gasteiger partial charge in [0.15, 0.2) is 11.6 Å². The number of ketones is 2. The van der Waals surface area contributed by atoms with Crippen LogP contribution in [0.15, 0.2) is 23.8 Å². The van der Waals surface area contributed by atoms with Gasteiger partial charge in [0.1, 0.15) is 17.9 Å². The smallest absolute Gasteiger partial charge is 0.190 e. The van der Waals surface area contributed by atoms with Crippen LogP contribution in [0.2, 0.25) is 0 Å². The van der Waals surface area contributed by atoms with Gasteiger partial charge in [-0.05, 0) is 49.7 Å². The molecule has 1 unspecified atom stereocenters. The van der Waals surface area contributed by atoms with E-state index >= 15 is 4.39 Å². The van der Waals surface area contributed by atoms with E-state index in [1.165, 1.54) is 0 Å². The molecule has 0 bridgehead atoms.